The zero-order valence-electron chi connectivity index (χ0n) is 18.5. The molecule has 1 heterocycles. The molecular weight excluding hydrogens is 474 g/mol. The molecule has 3 amide bonds. The largest absolute Gasteiger partial charge is 0.272 e. The lowest BCUT2D eigenvalue weighted by atomic mass is 9.93. The summed E-state index contributed by atoms with van der Waals surface area (Å²) < 4.78 is 26.1. The molecule has 35 heavy (non-hydrogen) atoms. The van der Waals surface area contributed by atoms with Gasteiger partial charge in [-0.25, -0.2) is 12.7 Å². The van der Waals surface area contributed by atoms with Gasteiger partial charge in [-0.3, -0.25) is 29.4 Å². The second-order valence-electron chi connectivity index (χ2n) is 8.56. The molecule has 0 aromatic heterocycles. The summed E-state index contributed by atoms with van der Waals surface area (Å²) in [6.07, 6.45) is 1.88. The lowest BCUT2D eigenvalue weighted by molar-refractivity contribution is -0.384. The predicted molar refractivity (Wildman–Crippen MR) is 125 cm³/mol. The summed E-state index contributed by atoms with van der Waals surface area (Å²) >= 11 is 0. The SMILES string of the molecule is CS(=O)(=O)N(C(=O)CN1C(=O)c2cccc3cc([N+](=O)[O-])cc(c23)C1=O)C1CCc2ccccc21. The molecule has 0 saturated carbocycles. The van der Waals surface area contributed by atoms with Crippen molar-refractivity contribution in [3.63, 3.8) is 0 Å². The molecule has 11 heteroatoms. The van der Waals surface area contributed by atoms with Gasteiger partial charge in [0, 0.05) is 23.1 Å². The maximum absolute atomic E-state index is 13.4. The summed E-state index contributed by atoms with van der Waals surface area (Å²) in [5.74, 6) is -2.59. The number of sulfonamides is 1. The van der Waals surface area contributed by atoms with E-state index in [0.717, 1.165) is 22.2 Å². The molecule has 1 unspecified atom stereocenters. The van der Waals surface area contributed by atoms with E-state index in [4.69, 9.17) is 0 Å². The number of carbonyl (C=O) groups is 3. The first-order valence-electron chi connectivity index (χ1n) is 10.8. The van der Waals surface area contributed by atoms with Gasteiger partial charge in [-0.15, -0.1) is 0 Å². The summed E-state index contributed by atoms with van der Waals surface area (Å²) in [7, 11) is -4.05. The molecule has 178 valence electrons. The number of imide groups is 1. The molecular formula is C24H19N3O7S. The van der Waals surface area contributed by atoms with Gasteiger partial charge in [0.25, 0.3) is 23.4 Å². The highest BCUT2D eigenvalue weighted by Crippen LogP contribution is 2.38. The minimum absolute atomic E-state index is 0.0886. The lowest BCUT2D eigenvalue weighted by Crippen LogP contribution is -2.49. The van der Waals surface area contributed by atoms with Gasteiger partial charge in [-0.2, -0.15) is 0 Å². The van der Waals surface area contributed by atoms with E-state index in [1.54, 1.807) is 18.2 Å². The molecule has 1 aliphatic heterocycles. The molecule has 0 fully saturated rings. The topological polar surface area (TPSA) is 135 Å². The van der Waals surface area contributed by atoms with Gasteiger partial charge in [0.05, 0.1) is 22.8 Å². The van der Waals surface area contributed by atoms with E-state index in [9.17, 15) is 32.9 Å². The summed E-state index contributed by atoms with van der Waals surface area (Å²) in [4.78, 5) is 51.2. The molecule has 0 N–H and O–H groups in total. The highest BCUT2D eigenvalue weighted by Gasteiger charge is 2.41. The fraction of sp³-hybridized carbons (Fsp3) is 0.208. The average Bonchev–Trinajstić information content (AvgIpc) is 3.22. The minimum Gasteiger partial charge on any atom is -0.272 e. The third-order valence-electron chi connectivity index (χ3n) is 6.40. The van der Waals surface area contributed by atoms with Crippen LogP contribution >= 0.6 is 0 Å². The van der Waals surface area contributed by atoms with E-state index in [0.29, 0.717) is 28.7 Å². The Bertz CT molecular complexity index is 1560. The predicted octanol–water partition coefficient (Wildman–Crippen LogP) is 2.82. The molecule has 0 spiro atoms. The standard InChI is InChI=1S/C24H19N3O7S/c1-35(33,34)26(20-10-9-14-5-2-3-7-17(14)20)21(28)13-25-23(29)18-8-4-6-15-11-16(27(31)32)12-19(22(15)18)24(25)30/h2-8,11-12,20H,9-10,13H2,1H3. The molecule has 1 aliphatic carbocycles. The van der Waals surface area contributed by atoms with Crippen LogP contribution in [0.1, 0.15) is 44.3 Å². The number of fused-ring (bicyclic) bond motifs is 1. The Balaban J connectivity index is 1.54. The number of nitro groups is 1. The molecule has 10 nitrogen and oxygen atoms in total. The van der Waals surface area contributed by atoms with Gasteiger partial charge in [-0.05, 0) is 35.4 Å². The molecule has 2 aliphatic rings. The van der Waals surface area contributed by atoms with E-state index >= 15 is 0 Å². The maximum Gasteiger partial charge on any atom is 0.270 e. The quantitative estimate of drug-likeness (QED) is 0.303. The first-order chi connectivity index (χ1) is 16.6. The van der Waals surface area contributed by atoms with Gasteiger partial charge < -0.3 is 0 Å². The van der Waals surface area contributed by atoms with Gasteiger partial charge >= 0.3 is 0 Å². The van der Waals surface area contributed by atoms with Crippen molar-refractivity contribution in [2.24, 2.45) is 0 Å². The Kier molecular flexibility index (Phi) is 5.17. The summed E-state index contributed by atoms with van der Waals surface area (Å²) in [5, 5.41) is 12.0. The first-order valence-corrected chi connectivity index (χ1v) is 12.6. The van der Waals surface area contributed by atoms with Crippen LogP contribution < -0.4 is 0 Å². The molecule has 0 radical (unpaired) electrons. The van der Waals surface area contributed by atoms with Crippen LogP contribution in [0.4, 0.5) is 5.69 Å². The van der Waals surface area contributed by atoms with Crippen molar-refractivity contribution in [2.75, 3.05) is 12.8 Å². The second-order valence-corrected chi connectivity index (χ2v) is 10.4. The maximum atomic E-state index is 13.4. The Hall–Kier alpha value is -4.12. The zero-order valence-corrected chi connectivity index (χ0v) is 19.3. The summed E-state index contributed by atoms with van der Waals surface area (Å²) in [6, 6.07) is 13.3. The van der Waals surface area contributed by atoms with Crippen LogP contribution in [0.5, 0.6) is 0 Å². The van der Waals surface area contributed by atoms with Crippen LogP contribution in [0.2, 0.25) is 0 Å². The molecule has 1 atom stereocenters. The van der Waals surface area contributed by atoms with Gasteiger partial charge in [0.15, 0.2) is 0 Å². The number of benzene rings is 3. The van der Waals surface area contributed by atoms with Crippen molar-refractivity contribution < 1.29 is 27.7 Å². The number of aryl methyl sites for hydroxylation is 1. The molecule has 3 aromatic carbocycles. The number of nitrogens with zero attached hydrogens (tertiary/aromatic N) is 3. The van der Waals surface area contributed by atoms with Crippen LogP contribution in [-0.2, 0) is 21.2 Å². The number of hydrogen-bond donors (Lipinski definition) is 0. The number of hydrogen-bond acceptors (Lipinski definition) is 7. The second kappa shape index (κ2) is 7.98. The van der Waals surface area contributed by atoms with E-state index in [1.165, 1.54) is 18.2 Å². The normalized spacial score (nSPS) is 16.9. The van der Waals surface area contributed by atoms with Crippen molar-refractivity contribution in [3.8, 4) is 0 Å². The van der Waals surface area contributed by atoms with Crippen LogP contribution in [0.15, 0.2) is 54.6 Å². The third-order valence-corrected chi connectivity index (χ3v) is 7.58. The van der Waals surface area contributed by atoms with Gasteiger partial charge in [0.2, 0.25) is 10.0 Å². The van der Waals surface area contributed by atoms with Crippen molar-refractivity contribution in [1.82, 2.24) is 9.21 Å². The van der Waals surface area contributed by atoms with Crippen LogP contribution in [0.25, 0.3) is 10.8 Å². The van der Waals surface area contributed by atoms with Crippen LogP contribution in [0, 0.1) is 10.1 Å². The Morgan fingerprint density at radius 3 is 2.51 bits per heavy atom. The fourth-order valence-electron chi connectivity index (χ4n) is 4.96. The van der Waals surface area contributed by atoms with Gasteiger partial charge in [-0.1, -0.05) is 36.4 Å². The first kappa shape index (κ1) is 22.7. The number of rotatable bonds is 5. The number of non-ortho nitro benzene ring substituents is 1. The minimum atomic E-state index is -4.05. The molecule has 5 rings (SSSR count). The van der Waals surface area contributed by atoms with Crippen molar-refractivity contribution >= 4 is 44.2 Å². The number of carbonyl (C=O) groups excluding carboxylic acids is 3. The van der Waals surface area contributed by atoms with Crippen molar-refractivity contribution in [3.05, 3.63) is 87.0 Å². The van der Waals surface area contributed by atoms with E-state index < -0.39 is 45.3 Å². The lowest BCUT2D eigenvalue weighted by Gasteiger charge is -2.31. The van der Waals surface area contributed by atoms with Crippen LogP contribution in [0.3, 0.4) is 0 Å². The Labute approximate surface area is 199 Å². The van der Waals surface area contributed by atoms with Crippen molar-refractivity contribution in [2.45, 2.75) is 18.9 Å². The van der Waals surface area contributed by atoms with Crippen molar-refractivity contribution in [1.29, 1.82) is 0 Å². The number of amides is 3. The molecule has 0 bridgehead atoms. The molecule has 3 aromatic rings. The summed E-state index contributed by atoms with van der Waals surface area (Å²) in [5.41, 5.74) is 1.32. The Morgan fingerprint density at radius 2 is 1.80 bits per heavy atom. The highest BCUT2D eigenvalue weighted by molar-refractivity contribution is 7.88. The monoisotopic (exact) mass is 493 g/mol. The zero-order chi connectivity index (χ0) is 25.1. The number of nitro benzene ring substituents is 1. The van der Waals surface area contributed by atoms with Crippen LogP contribution in [-0.4, -0.2) is 53.1 Å². The van der Waals surface area contributed by atoms with E-state index in [2.05, 4.69) is 0 Å². The average molecular weight is 493 g/mol. The smallest absolute Gasteiger partial charge is 0.270 e. The third kappa shape index (κ3) is 3.64. The molecule has 0 saturated heterocycles. The Morgan fingerprint density at radius 1 is 1.09 bits per heavy atom. The highest BCUT2D eigenvalue weighted by atomic mass is 32.2. The van der Waals surface area contributed by atoms with E-state index in [-0.39, 0.29) is 22.2 Å². The van der Waals surface area contributed by atoms with Gasteiger partial charge in [0.1, 0.15) is 6.54 Å². The fourth-order valence-corrected chi connectivity index (χ4v) is 6.07. The summed E-state index contributed by atoms with van der Waals surface area (Å²) in [6.45, 7) is -0.818. The van der Waals surface area contributed by atoms with E-state index in [1.807, 2.05) is 12.1 Å².